The van der Waals surface area contributed by atoms with Crippen LogP contribution in [-0.4, -0.2) is 31.9 Å². The molecule has 7 nitrogen and oxygen atoms in total. The van der Waals surface area contributed by atoms with E-state index < -0.39 is 6.09 Å². The minimum absolute atomic E-state index is 0.423. The molecule has 0 aliphatic carbocycles. The van der Waals surface area contributed by atoms with Crippen LogP contribution in [0.15, 0.2) is 36.5 Å². The number of nitrogens with zero attached hydrogens (tertiary/aromatic N) is 1. The lowest BCUT2D eigenvalue weighted by Crippen LogP contribution is -2.15. The van der Waals surface area contributed by atoms with Gasteiger partial charge in [0, 0.05) is 23.3 Å². The average Bonchev–Trinajstić information content (AvgIpc) is 3.05. The van der Waals surface area contributed by atoms with Crippen molar-refractivity contribution >= 4 is 22.7 Å². The van der Waals surface area contributed by atoms with Gasteiger partial charge in [0.25, 0.3) is 0 Å². The molecular weight excluding hydrogens is 564 g/mol. The molecule has 0 atom stereocenters. The highest BCUT2D eigenvalue weighted by Crippen LogP contribution is 2.38. The molecule has 0 radical (unpaired) electrons. The third-order valence-corrected chi connectivity index (χ3v) is 8.63. The van der Waals surface area contributed by atoms with E-state index in [2.05, 4.69) is 17.2 Å². The zero-order chi connectivity index (χ0) is 32.3. The van der Waals surface area contributed by atoms with Crippen LogP contribution in [0.2, 0.25) is 0 Å². The van der Waals surface area contributed by atoms with Gasteiger partial charge in [-0.25, -0.2) is 4.79 Å². The molecule has 1 N–H and O–H groups in total. The van der Waals surface area contributed by atoms with Gasteiger partial charge in [-0.2, -0.15) is 0 Å². The maximum Gasteiger partial charge on any atom is 0.411 e. The van der Waals surface area contributed by atoms with Crippen molar-refractivity contribution in [2.45, 2.75) is 124 Å². The fraction of sp³-hybridized carbons (Fsp3) is 0.579. The van der Waals surface area contributed by atoms with Gasteiger partial charge in [0.2, 0.25) is 0 Å². The summed E-state index contributed by atoms with van der Waals surface area (Å²) in [6.45, 7) is 6.66. The summed E-state index contributed by atoms with van der Waals surface area (Å²) in [4.78, 5) is 16.9. The zero-order valence-electron chi connectivity index (χ0n) is 28.5. The molecular formula is C38H56N2O5. The number of hydrogen-bond acceptors (Lipinski definition) is 6. The van der Waals surface area contributed by atoms with Crippen LogP contribution in [0.3, 0.4) is 0 Å². The Morgan fingerprint density at radius 2 is 1.22 bits per heavy atom. The highest BCUT2D eigenvalue weighted by molar-refractivity contribution is 5.89. The van der Waals surface area contributed by atoms with E-state index in [-0.39, 0.29) is 0 Å². The summed E-state index contributed by atoms with van der Waals surface area (Å²) < 4.78 is 22.7. The van der Waals surface area contributed by atoms with Gasteiger partial charge in [0.1, 0.15) is 11.5 Å². The Morgan fingerprint density at radius 1 is 0.667 bits per heavy atom. The fourth-order valence-corrected chi connectivity index (χ4v) is 5.66. The predicted octanol–water partition coefficient (Wildman–Crippen LogP) is 11.5. The molecule has 0 saturated heterocycles. The summed E-state index contributed by atoms with van der Waals surface area (Å²) in [6.07, 6.45) is 22.4. The van der Waals surface area contributed by atoms with Crippen molar-refractivity contribution in [2.24, 2.45) is 0 Å². The molecule has 0 bridgehead atoms. The molecule has 1 aromatic heterocycles. The number of benzene rings is 2. The van der Waals surface area contributed by atoms with Gasteiger partial charge < -0.3 is 18.9 Å². The monoisotopic (exact) mass is 620 g/mol. The van der Waals surface area contributed by atoms with E-state index in [1.54, 1.807) is 20.4 Å². The molecule has 3 aromatic rings. The second kappa shape index (κ2) is 20.5. The van der Waals surface area contributed by atoms with Gasteiger partial charge in [-0.05, 0) is 55.7 Å². The standard InChI is InChI=1S/C38H56N2O5/c1-6-7-8-9-10-11-12-13-14-15-16-17-18-19-20-21-26-44-38(41)40-32-22-23-34(30(3)29(32)2)45-35-24-25-39-33-28-37(43-5)36(42-4)27-31(33)35/h22-25,27-28H,6-21,26H2,1-5H3,(H,40,41). The number of unbranched alkanes of at least 4 members (excludes halogenated alkanes) is 15. The Morgan fingerprint density at radius 3 is 1.80 bits per heavy atom. The van der Waals surface area contributed by atoms with Gasteiger partial charge in [-0.15, -0.1) is 0 Å². The first-order valence-corrected chi connectivity index (χ1v) is 17.2. The number of nitrogens with one attached hydrogen (secondary N) is 1. The van der Waals surface area contributed by atoms with Crippen molar-refractivity contribution in [3.63, 3.8) is 0 Å². The van der Waals surface area contributed by atoms with Gasteiger partial charge in [0.05, 0.1) is 26.3 Å². The zero-order valence-corrected chi connectivity index (χ0v) is 28.5. The third kappa shape index (κ3) is 12.1. The van der Waals surface area contributed by atoms with Crippen LogP contribution < -0.4 is 19.5 Å². The molecule has 0 aliphatic rings. The molecule has 0 fully saturated rings. The van der Waals surface area contributed by atoms with Crippen LogP contribution in [0.25, 0.3) is 10.9 Å². The van der Waals surface area contributed by atoms with Crippen LogP contribution in [0.5, 0.6) is 23.0 Å². The van der Waals surface area contributed by atoms with E-state index in [0.717, 1.165) is 34.9 Å². The number of fused-ring (bicyclic) bond motifs is 1. The molecule has 45 heavy (non-hydrogen) atoms. The topological polar surface area (TPSA) is 78.9 Å². The normalized spacial score (nSPS) is 11.0. The van der Waals surface area contributed by atoms with Crippen LogP contribution >= 0.6 is 0 Å². The molecule has 7 heteroatoms. The summed E-state index contributed by atoms with van der Waals surface area (Å²) in [5.74, 6) is 2.57. The van der Waals surface area contributed by atoms with Crippen molar-refractivity contribution in [3.05, 3.63) is 47.7 Å². The van der Waals surface area contributed by atoms with Crippen molar-refractivity contribution in [3.8, 4) is 23.0 Å². The lowest BCUT2D eigenvalue weighted by atomic mass is 10.0. The molecule has 1 amide bonds. The summed E-state index contributed by atoms with van der Waals surface area (Å²) in [5.41, 5.74) is 3.30. The average molecular weight is 621 g/mol. The van der Waals surface area contributed by atoms with Crippen molar-refractivity contribution in [1.29, 1.82) is 0 Å². The van der Waals surface area contributed by atoms with E-state index in [1.165, 1.54) is 89.9 Å². The van der Waals surface area contributed by atoms with E-state index in [9.17, 15) is 4.79 Å². The maximum atomic E-state index is 12.5. The Hall–Kier alpha value is -3.48. The maximum absolute atomic E-state index is 12.5. The first kappa shape index (κ1) is 36.0. The Bertz CT molecular complexity index is 1310. The van der Waals surface area contributed by atoms with Crippen LogP contribution in [0.1, 0.15) is 121 Å². The molecule has 3 rings (SSSR count). The predicted molar refractivity (Wildman–Crippen MR) is 185 cm³/mol. The Labute approximate surface area is 271 Å². The molecule has 0 saturated carbocycles. The summed E-state index contributed by atoms with van der Waals surface area (Å²) in [6, 6.07) is 9.23. The summed E-state index contributed by atoms with van der Waals surface area (Å²) in [7, 11) is 3.20. The first-order chi connectivity index (χ1) is 22.0. The van der Waals surface area contributed by atoms with Gasteiger partial charge in [-0.1, -0.05) is 103 Å². The second-order valence-corrected chi connectivity index (χ2v) is 12.1. The summed E-state index contributed by atoms with van der Waals surface area (Å²) >= 11 is 0. The van der Waals surface area contributed by atoms with E-state index >= 15 is 0 Å². The molecule has 0 unspecified atom stereocenters. The van der Waals surface area contributed by atoms with Gasteiger partial charge in [0.15, 0.2) is 11.5 Å². The van der Waals surface area contributed by atoms with Crippen molar-refractivity contribution < 1.29 is 23.7 Å². The smallest absolute Gasteiger partial charge is 0.411 e. The molecule has 1 heterocycles. The van der Waals surface area contributed by atoms with Crippen molar-refractivity contribution in [2.75, 3.05) is 26.1 Å². The van der Waals surface area contributed by atoms with Gasteiger partial charge in [-0.3, -0.25) is 10.3 Å². The first-order valence-electron chi connectivity index (χ1n) is 17.2. The number of hydrogen-bond donors (Lipinski definition) is 1. The van der Waals surface area contributed by atoms with E-state index in [4.69, 9.17) is 18.9 Å². The van der Waals surface area contributed by atoms with Crippen LogP contribution in [0.4, 0.5) is 10.5 Å². The lowest BCUT2D eigenvalue weighted by molar-refractivity contribution is 0.159. The molecule has 2 aromatic carbocycles. The minimum atomic E-state index is -0.423. The number of pyridine rings is 1. The molecule has 0 spiro atoms. The highest BCUT2D eigenvalue weighted by Gasteiger charge is 2.15. The number of anilines is 1. The van der Waals surface area contributed by atoms with E-state index in [1.807, 2.05) is 44.2 Å². The number of carbonyl (C=O) groups is 1. The fourth-order valence-electron chi connectivity index (χ4n) is 5.66. The number of carbonyl (C=O) groups excluding carboxylic acids is 1. The quantitative estimate of drug-likeness (QED) is 0.113. The number of methoxy groups -OCH3 is 2. The van der Waals surface area contributed by atoms with Crippen molar-refractivity contribution in [1.82, 2.24) is 4.98 Å². The van der Waals surface area contributed by atoms with Gasteiger partial charge >= 0.3 is 6.09 Å². The number of amides is 1. The van der Waals surface area contributed by atoms with Crippen LogP contribution in [0, 0.1) is 13.8 Å². The number of rotatable bonds is 22. The van der Waals surface area contributed by atoms with E-state index in [0.29, 0.717) is 35.3 Å². The lowest BCUT2D eigenvalue weighted by Gasteiger charge is -2.16. The Kier molecular flexibility index (Phi) is 16.4. The second-order valence-electron chi connectivity index (χ2n) is 12.1. The number of aromatic nitrogens is 1. The SMILES string of the molecule is CCCCCCCCCCCCCCCCCCOC(=O)Nc1ccc(Oc2ccnc3cc(OC)c(OC)cc23)c(C)c1C. The Balaban J connectivity index is 1.32. The highest BCUT2D eigenvalue weighted by atomic mass is 16.5. The summed E-state index contributed by atoms with van der Waals surface area (Å²) in [5, 5.41) is 3.71. The number of ether oxygens (including phenoxy) is 4. The molecule has 248 valence electrons. The third-order valence-electron chi connectivity index (χ3n) is 8.63. The van der Waals surface area contributed by atoms with Crippen LogP contribution in [-0.2, 0) is 4.74 Å². The minimum Gasteiger partial charge on any atom is -0.493 e. The largest absolute Gasteiger partial charge is 0.493 e. The molecule has 0 aliphatic heterocycles.